The van der Waals surface area contributed by atoms with Gasteiger partial charge in [0.2, 0.25) is 0 Å². The summed E-state index contributed by atoms with van der Waals surface area (Å²) in [7, 11) is -3.25. The average molecular weight is 356 g/mol. The fourth-order valence-corrected chi connectivity index (χ4v) is 3.05. The molecule has 136 valence electrons. The van der Waals surface area contributed by atoms with E-state index in [0.29, 0.717) is 16.7 Å². The van der Waals surface area contributed by atoms with E-state index in [0.717, 1.165) is 0 Å². The molecule has 1 unspecified atom stereocenters. The zero-order chi connectivity index (χ0) is 19.1. The van der Waals surface area contributed by atoms with Gasteiger partial charge in [-0.1, -0.05) is 41.5 Å². The summed E-state index contributed by atoms with van der Waals surface area (Å²) in [6, 6.07) is 3.29. The maximum absolute atomic E-state index is 12.8. The molecular formula is C18H29O5P. The minimum atomic E-state index is -3.25. The molecule has 0 aliphatic rings. The number of aromatic hydroxyl groups is 1. The van der Waals surface area contributed by atoms with Crippen LogP contribution >= 0.6 is 8.25 Å². The summed E-state index contributed by atoms with van der Waals surface area (Å²) in [4.78, 5) is 21.9. The van der Waals surface area contributed by atoms with Crippen molar-refractivity contribution < 1.29 is 23.9 Å². The van der Waals surface area contributed by atoms with Gasteiger partial charge in [-0.3, -0.25) is 13.9 Å². The van der Waals surface area contributed by atoms with Gasteiger partial charge in [0.05, 0.1) is 0 Å². The number of carbonyl (C=O) groups excluding carboxylic acids is 1. The lowest BCUT2D eigenvalue weighted by Gasteiger charge is -2.29. The molecule has 0 saturated carbocycles. The molecule has 0 bridgehead atoms. The second kappa shape index (κ2) is 6.62. The molecule has 1 rings (SSSR count). The van der Waals surface area contributed by atoms with Crippen molar-refractivity contribution >= 4 is 14.0 Å². The molecule has 0 fully saturated rings. The third-order valence-corrected chi connectivity index (χ3v) is 4.56. The molecule has 6 heteroatoms. The number of phenolic OH excluding ortho intramolecular Hbond substituents is 1. The first kappa shape index (κ1) is 20.9. The molecule has 5 nitrogen and oxygen atoms in total. The van der Waals surface area contributed by atoms with Gasteiger partial charge in [-0.15, -0.1) is 0 Å². The van der Waals surface area contributed by atoms with Gasteiger partial charge in [0, 0.05) is 16.7 Å². The second-order valence-electron chi connectivity index (χ2n) is 8.63. The third kappa shape index (κ3) is 4.69. The molecular weight excluding hydrogens is 327 g/mol. The zero-order valence-corrected chi connectivity index (χ0v) is 16.8. The lowest BCUT2D eigenvalue weighted by Crippen LogP contribution is -2.33. The molecule has 0 amide bonds. The number of phenols is 1. The maximum Gasteiger partial charge on any atom is 0.317 e. The van der Waals surface area contributed by atoms with Gasteiger partial charge in [0.15, 0.2) is 5.78 Å². The van der Waals surface area contributed by atoms with Crippen molar-refractivity contribution in [3.05, 3.63) is 28.8 Å². The second-order valence-corrected chi connectivity index (χ2v) is 9.36. The molecule has 0 radical (unpaired) electrons. The van der Waals surface area contributed by atoms with Crippen molar-refractivity contribution in [2.24, 2.45) is 0 Å². The first-order valence-corrected chi connectivity index (χ1v) is 9.18. The number of hydrogen-bond acceptors (Lipinski definition) is 4. The van der Waals surface area contributed by atoms with Crippen LogP contribution in [0.3, 0.4) is 0 Å². The largest absolute Gasteiger partial charge is 0.507 e. The topological polar surface area (TPSA) is 83.8 Å². The molecule has 0 heterocycles. The van der Waals surface area contributed by atoms with Crippen molar-refractivity contribution in [1.82, 2.24) is 0 Å². The van der Waals surface area contributed by atoms with Crippen LogP contribution in [-0.4, -0.2) is 21.4 Å². The molecule has 0 aromatic heterocycles. The standard InChI is InChI=1S/C18H29O5P/c1-16(2,3)12-9-11(10-13(14(12)19)17(4,5)6)15(20)18(7,8)23-24(21)22/h9-10,19,24H,1-8H3,(H,21,22). The van der Waals surface area contributed by atoms with E-state index in [1.54, 1.807) is 12.1 Å². The van der Waals surface area contributed by atoms with Crippen molar-refractivity contribution in [1.29, 1.82) is 0 Å². The van der Waals surface area contributed by atoms with Crippen LogP contribution in [0.25, 0.3) is 0 Å². The Hall–Kier alpha value is -1.16. The van der Waals surface area contributed by atoms with Crippen LogP contribution in [0, 0.1) is 0 Å². The van der Waals surface area contributed by atoms with E-state index in [9.17, 15) is 14.5 Å². The third-order valence-electron chi connectivity index (χ3n) is 3.88. The molecule has 0 saturated heterocycles. The summed E-state index contributed by atoms with van der Waals surface area (Å²) in [5, 5.41) is 10.7. The van der Waals surface area contributed by atoms with Crippen molar-refractivity contribution in [3.8, 4) is 5.75 Å². The van der Waals surface area contributed by atoms with E-state index in [1.165, 1.54) is 13.8 Å². The van der Waals surface area contributed by atoms with Crippen LogP contribution in [0.4, 0.5) is 0 Å². The normalized spacial score (nSPS) is 14.5. The smallest absolute Gasteiger partial charge is 0.317 e. The first-order chi connectivity index (χ1) is 10.6. The summed E-state index contributed by atoms with van der Waals surface area (Å²) >= 11 is 0. The summed E-state index contributed by atoms with van der Waals surface area (Å²) in [6.07, 6.45) is 0. The Morgan fingerprint density at radius 1 is 0.958 bits per heavy atom. The lowest BCUT2D eigenvalue weighted by molar-refractivity contribution is 0.0570. The number of carbonyl (C=O) groups is 1. The molecule has 0 spiro atoms. The molecule has 1 aromatic rings. The van der Waals surface area contributed by atoms with E-state index in [2.05, 4.69) is 0 Å². The highest BCUT2D eigenvalue weighted by molar-refractivity contribution is 7.32. The maximum atomic E-state index is 12.8. The van der Waals surface area contributed by atoms with E-state index in [1.807, 2.05) is 41.5 Å². The van der Waals surface area contributed by atoms with Crippen molar-refractivity contribution in [3.63, 3.8) is 0 Å². The molecule has 0 aliphatic heterocycles. The number of hydrogen-bond donors (Lipinski definition) is 2. The van der Waals surface area contributed by atoms with Gasteiger partial charge in [-0.05, 0) is 36.8 Å². The monoisotopic (exact) mass is 356 g/mol. The van der Waals surface area contributed by atoms with E-state index < -0.39 is 19.6 Å². The molecule has 1 atom stereocenters. The van der Waals surface area contributed by atoms with Gasteiger partial charge in [-0.25, -0.2) is 0 Å². The summed E-state index contributed by atoms with van der Waals surface area (Å²) in [6.45, 7) is 14.7. The Morgan fingerprint density at radius 3 is 1.62 bits per heavy atom. The molecule has 2 N–H and O–H groups in total. The summed E-state index contributed by atoms with van der Waals surface area (Å²) in [5.41, 5.74) is -0.482. The first-order valence-electron chi connectivity index (χ1n) is 7.92. The average Bonchev–Trinajstić information content (AvgIpc) is 2.33. The van der Waals surface area contributed by atoms with Gasteiger partial charge >= 0.3 is 8.25 Å². The number of benzene rings is 1. The molecule has 0 aliphatic carbocycles. The summed E-state index contributed by atoms with van der Waals surface area (Å²) in [5.74, 6) is -0.216. The predicted octanol–water partition coefficient (Wildman–Crippen LogP) is 4.35. The molecule has 24 heavy (non-hydrogen) atoms. The van der Waals surface area contributed by atoms with Gasteiger partial charge in [-0.2, -0.15) is 0 Å². The van der Waals surface area contributed by atoms with E-state index >= 15 is 0 Å². The highest BCUT2D eigenvalue weighted by Gasteiger charge is 2.34. The molecule has 1 aromatic carbocycles. The van der Waals surface area contributed by atoms with Crippen molar-refractivity contribution in [2.45, 2.75) is 71.8 Å². The quantitative estimate of drug-likeness (QED) is 0.619. The Morgan fingerprint density at radius 2 is 1.33 bits per heavy atom. The van der Waals surface area contributed by atoms with E-state index in [-0.39, 0.29) is 16.6 Å². The zero-order valence-electron chi connectivity index (χ0n) is 15.8. The lowest BCUT2D eigenvalue weighted by atomic mass is 9.77. The minimum absolute atomic E-state index is 0.181. The van der Waals surface area contributed by atoms with Gasteiger partial charge < -0.3 is 10.00 Å². The van der Waals surface area contributed by atoms with Gasteiger partial charge in [0.25, 0.3) is 0 Å². The van der Waals surface area contributed by atoms with Crippen LogP contribution in [-0.2, 0) is 19.9 Å². The predicted molar refractivity (Wildman–Crippen MR) is 96.2 cm³/mol. The Bertz CT molecular complexity index is 628. The highest BCUT2D eigenvalue weighted by Crippen LogP contribution is 2.41. The highest BCUT2D eigenvalue weighted by atomic mass is 31.1. The minimum Gasteiger partial charge on any atom is -0.507 e. The van der Waals surface area contributed by atoms with Crippen LogP contribution < -0.4 is 0 Å². The fraction of sp³-hybridized carbons (Fsp3) is 0.611. The Balaban J connectivity index is 3.61. The van der Waals surface area contributed by atoms with Crippen LogP contribution in [0.5, 0.6) is 5.75 Å². The SMILES string of the molecule is CC(C)(O[PH](=O)O)C(=O)c1cc(C(C)(C)C)c(O)c(C(C)(C)C)c1. The van der Waals surface area contributed by atoms with Gasteiger partial charge in [0.1, 0.15) is 11.4 Å². The van der Waals surface area contributed by atoms with Crippen molar-refractivity contribution in [2.75, 3.05) is 0 Å². The van der Waals surface area contributed by atoms with Crippen LogP contribution in [0.2, 0.25) is 0 Å². The number of rotatable bonds is 4. The Labute approximate surface area is 145 Å². The van der Waals surface area contributed by atoms with Crippen LogP contribution in [0.15, 0.2) is 12.1 Å². The number of ketones is 1. The summed E-state index contributed by atoms with van der Waals surface area (Å²) < 4.78 is 16.0. The van der Waals surface area contributed by atoms with E-state index in [4.69, 9.17) is 9.42 Å². The fourth-order valence-electron chi connectivity index (χ4n) is 2.52. The number of Topliss-reactive ketones (excluding diaryl/α,β-unsaturated/α-hetero) is 1. The van der Waals surface area contributed by atoms with Crippen LogP contribution in [0.1, 0.15) is 76.9 Å². The Kier molecular flexibility index (Phi) is 5.76.